The number of amides is 2. The molecule has 0 saturated carbocycles. The molecule has 0 radical (unpaired) electrons. The van der Waals surface area contributed by atoms with Crippen LogP contribution in [0.5, 0.6) is 5.75 Å². The van der Waals surface area contributed by atoms with E-state index in [0.717, 1.165) is 41.0 Å². The number of hydrogen-bond donors (Lipinski definition) is 2. The molecule has 3 aromatic heterocycles. The van der Waals surface area contributed by atoms with Gasteiger partial charge in [0.05, 0.1) is 12.8 Å². The van der Waals surface area contributed by atoms with Crippen molar-refractivity contribution in [2.24, 2.45) is 0 Å². The largest absolute Gasteiger partial charge is 0.497 e. The lowest BCUT2D eigenvalue weighted by atomic mass is 9.94. The third-order valence-electron chi connectivity index (χ3n) is 6.31. The summed E-state index contributed by atoms with van der Waals surface area (Å²) in [6, 6.07) is 13.3. The first-order valence-corrected chi connectivity index (χ1v) is 11.8. The smallest absolute Gasteiger partial charge is 0.321 e. The topological polar surface area (TPSA) is 96.7 Å². The molecule has 0 aliphatic carbocycles. The van der Waals surface area contributed by atoms with Gasteiger partial charge in [0.25, 0.3) is 0 Å². The average Bonchev–Trinajstić information content (AvgIpc) is 3.28. The van der Waals surface area contributed by atoms with Crippen molar-refractivity contribution in [1.29, 1.82) is 0 Å². The van der Waals surface area contributed by atoms with Crippen LogP contribution < -0.4 is 20.8 Å². The number of anilines is 2. The fourth-order valence-corrected chi connectivity index (χ4v) is 4.43. The highest BCUT2D eigenvalue weighted by atomic mass is 16.5. The van der Waals surface area contributed by atoms with Gasteiger partial charge in [-0.05, 0) is 42.1 Å². The molecule has 35 heavy (non-hydrogen) atoms. The van der Waals surface area contributed by atoms with E-state index < -0.39 is 0 Å². The number of ether oxygens (including phenoxy) is 1. The Morgan fingerprint density at radius 1 is 1.23 bits per heavy atom. The molecule has 1 unspecified atom stereocenters. The second-order valence-corrected chi connectivity index (χ2v) is 8.79. The molecule has 10 heteroatoms. The SMILES string of the molecule is Bc1cnn2c(NCc3cccnc3)cc(C3CCCN(C(=O)Nc4cccc(OC)c4)C3)nc12. The molecule has 1 aliphatic heterocycles. The fourth-order valence-electron chi connectivity index (χ4n) is 4.43. The summed E-state index contributed by atoms with van der Waals surface area (Å²) in [5.74, 6) is 1.72. The van der Waals surface area contributed by atoms with Crippen molar-refractivity contribution in [3.8, 4) is 5.75 Å². The van der Waals surface area contributed by atoms with Crippen LogP contribution in [0.25, 0.3) is 5.65 Å². The zero-order valence-electron chi connectivity index (χ0n) is 19.9. The van der Waals surface area contributed by atoms with Crippen molar-refractivity contribution in [3.05, 3.63) is 72.3 Å². The van der Waals surface area contributed by atoms with E-state index in [9.17, 15) is 4.79 Å². The number of aromatic nitrogens is 4. The maximum Gasteiger partial charge on any atom is 0.321 e. The standard InChI is InChI=1S/C25H28BN7O2/c1-35-20-8-2-7-19(11-20)30-25(34)32-10-4-6-18(16-32)22-12-23(28-14-17-5-3-9-27-13-17)33-24(31-22)21(26)15-29-33/h2-3,5,7-9,11-13,15,18,28H,4,6,10,14,16,26H2,1H3,(H,30,34). The highest BCUT2D eigenvalue weighted by Gasteiger charge is 2.27. The summed E-state index contributed by atoms with van der Waals surface area (Å²) in [7, 11) is 3.63. The summed E-state index contributed by atoms with van der Waals surface area (Å²) in [5.41, 5.74) is 4.61. The minimum atomic E-state index is -0.112. The van der Waals surface area contributed by atoms with Crippen molar-refractivity contribution in [2.75, 3.05) is 30.8 Å². The molecule has 2 N–H and O–H groups in total. The molecule has 0 bridgehead atoms. The first-order valence-electron chi connectivity index (χ1n) is 11.8. The fraction of sp³-hybridized carbons (Fsp3) is 0.280. The van der Waals surface area contributed by atoms with Crippen molar-refractivity contribution >= 4 is 36.5 Å². The van der Waals surface area contributed by atoms with Gasteiger partial charge in [-0.3, -0.25) is 4.98 Å². The summed E-state index contributed by atoms with van der Waals surface area (Å²) in [5, 5.41) is 11.0. The van der Waals surface area contributed by atoms with Gasteiger partial charge < -0.3 is 20.3 Å². The second kappa shape index (κ2) is 10.0. The number of rotatable bonds is 6. The second-order valence-electron chi connectivity index (χ2n) is 8.79. The van der Waals surface area contributed by atoms with Crippen molar-refractivity contribution in [1.82, 2.24) is 24.5 Å². The zero-order chi connectivity index (χ0) is 24.2. The molecule has 2 amide bonds. The van der Waals surface area contributed by atoms with E-state index >= 15 is 0 Å². The highest BCUT2D eigenvalue weighted by molar-refractivity contribution is 6.36. The third kappa shape index (κ3) is 5.06. The van der Waals surface area contributed by atoms with Gasteiger partial charge in [-0.15, -0.1) is 0 Å². The van der Waals surface area contributed by atoms with Crippen molar-refractivity contribution in [2.45, 2.75) is 25.3 Å². The van der Waals surface area contributed by atoms with Gasteiger partial charge in [0.2, 0.25) is 0 Å². The first kappa shape index (κ1) is 22.7. The van der Waals surface area contributed by atoms with E-state index in [0.29, 0.717) is 31.1 Å². The molecule has 4 aromatic rings. The number of methoxy groups -OCH3 is 1. The maximum atomic E-state index is 13.0. The van der Waals surface area contributed by atoms with Gasteiger partial charge in [0.1, 0.15) is 19.4 Å². The molecular formula is C25H28BN7O2. The third-order valence-corrected chi connectivity index (χ3v) is 6.31. The molecule has 0 spiro atoms. The quantitative estimate of drug-likeness (QED) is 0.421. The minimum Gasteiger partial charge on any atom is -0.497 e. The summed E-state index contributed by atoms with van der Waals surface area (Å²) in [4.78, 5) is 24.0. The van der Waals surface area contributed by atoms with Gasteiger partial charge in [0, 0.05) is 62.0 Å². The Hall–Kier alpha value is -4.08. The lowest BCUT2D eigenvalue weighted by molar-refractivity contribution is 0.192. The van der Waals surface area contributed by atoms with E-state index in [1.807, 2.05) is 66.1 Å². The van der Waals surface area contributed by atoms with Crippen LogP contribution in [0.2, 0.25) is 0 Å². The number of carbonyl (C=O) groups is 1. The van der Waals surface area contributed by atoms with Crippen LogP contribution in [0, 0.1) is 0 Å². The average molecular weight is 469 g/mol. The van der Waals surface area contributed by atoms with Crippen LogP contribution in [0.4, 0.5) is 16.3 Å². The summed E-state index contributed by atoms with van der Waals surface area (Å²) >= 11 is 0. The minimum absolute atomic E-state index is 0.112. The van der Waals surface area contributed by atoms with E-state index in [1.165, 1.54) is 0 Å². The molecule has 1 atom stereocenters. The summed E-state index contributed by atoms with van der Waals surface area (Å²) in [6.07, 6.45) is 7.33. The predicted octanol–water partition coefficient (Wildman–Crippen LogP) is 2.41. The van der Waals surface area contributed by atoms with E-state index in [2.05, 4.69) is 26.8 Å². The van der Waals surface area contributed by atoms with Crippen LogP contribution in [0.3, 0.4) is 0 Å². The number of carbonyl (C=O) groups excluding carboxylic acids is 1. The normalized spacial score (nSPS) is 15.7. The van der Waals surface area contributed by atoms with Gasteiger partial charge in [-0.25, -0.2) is 9.78 Å². The van der Waals surface area contributed by atoms with E-state index in [-0.39, 0.29) is 11.9 Å². The van der Waals surface area contributed by atoms with Gasteiger partial charge >= 0.3 is 6.03 Å². The number of piperidine rings is 1. The van der Waals surface area contributed by atoms with Crippen LogP contribution in [0.15, 0.2) is 61.1 Å². The Labute approximate surface area is 204 Å². The van der Waals surface area contributed by atoms with E-state index in [4.69, 9.17) is 9.72 Å². The molecule has 4 heterocycles. The monoisotopic (exact) mass is 469 g/mol. The van der Waals surface area contributed by atoms with E-state index in [1.54, 1.807) is 13.3 Å². The van der Waals surface area contributed by atoms with Crippen LogP contribution in [-0.4, -0.2) is 58.6 Å². The Morgan fingerprint density at radius 3 is 2.97 bits per heavy atom. The van der Waals surface area contributed by atoms with Crippen molar-refractivity contribution < 1.29 is 9.53 Å². The van der Waals surface area contributed by atoms with Crippen molar-refractivity contribution in [3.63, 3.8) is 0 Å². The Morgan fingerprint density at radius 2 is 2.14 bits per heavy atom. The Bertz CT molecular complexity index is 1330. The number of hydrogen-bond acceptors (Lipinski definition) is 6. The van der Waals surface area contributed by atoms with Crippen LogP contribution in [0.1, 0.15) is 30.0 Å². The number of nitrogens with zero attached hydrogens (tertiary/aromatic N) is 5. The lowest BCUT2D eigenvalue weighted by Gasteiger charge is -2.32. The molecule has 1 fully saturated rings. The molecule has 9 nitrogen and oxygen atoms in total. The molecule has 1 aromatic carbocycles. The number of nitrogens with one attached hydrogen (secondary N) is 2. The summed E-state index contributed by atoms with van der Waals surface area (Å²) in [6.45, 7) is 1.95. The number of urea groups is 1. The molecule has 1 saturated heterocycles. The number of likely N-dealkylation sites (tertiary alicyclic amines) is 1. The van der Waals surface area contributed by atoms with Gasteiger partial charge in [-0.1, -0.05) is 12.1 Å². The van der Waals surface area contributed by atoms with Gasteiger partial charge in [-0.2, -0.15) is 9.61 Å². The highest BCUT2D eigenvalue weighted by Crippen LogP contribution is 2.28. The predicted molar refractivity (Wildman–Crippen MR) is 138 cm³/mol. The number of benzene rings is 1. The number of pyridine rings is 1. The molecular weight excluding hydrogens is 441 g/mol. The Kier molecular flexibility index (Phi) is 6.52. The molecule has 178 valence electrons. The van der Waals surface area contributed by atoms with Gasteiger partial charge in [0.15, 0.2) is 5.65 Å². The molecule has 1 aliphatic rings. The molecule has 5 rings (SSSR count). The van der Waals surface area contributed by atoms with Crippen LogP contribution >= 0.6 is 0 Å². The first-order chi connectivity index (χ1) is 17.1. The summed E-state index contributed by atoms with van der Waals surface area (Å²) < 4.78 is 7.10. The number of fused-ring (bicyclic) bond motifs is 1. The lowest BCUT2D eigenvalue weighted by Crippen LogP contribution is -2.41. The zero-order valence-corrected chi connectivity index (χ0v) is 19.9. The Balaban J connectivity index is 1.35. The maximum absolute atomic E-state index is 13.0. The van der Waals surface area contributed by atoms with Crippen LogP contribution in [-0.2, 0) is 6.54 Å².